The van der Waals surface area contributed by atoms with Gasteiger partial charge in [-0.2, -0.15) is 0 Å². The zero-order valence-corrected chi connectivity index (χ0v) is 18.1. The first kappa shape index (κ1) is 27.3. The number of carbonyl (C=O) groups is 5. The predicted molar refractivity (Wildman–Crippen MR) is 110 cm³/mol. The van der Waals surface area contributed by atoms with E-state index in [2.05, 4.69) is 16.0 Å². The monoisotopic (exact) mass is 429 g/mol. The zero-order valence-electron chi connectivity index (χ0n) is 18.1. The average Bonchev–Trinajstić information content (AvgIpc) is 2.66. The van der Waals surface area contributed by atoms with Gasteiger partial charge < -0.3 is 32.5 Å². The zero-order chi connectivity index (χ0) is 23.4. The van der Waals surface area contributed by atoms with Crippen LogP contribution in [-0.2, 0) is 24.0 Å². The second-order valence-corrected chi connectivity index (χ2v) is 7.79. The smallest absolute Gasteiger partial charge is 0.326 e. The molecule has 11 heteroatoms. The Labute approximate surface area is 176 Å². The van der Waals surface area contributed by atoms with Crippen LogP contribution in [0.5, 0.6) is 0 Å². The molecule has 0 spiro atoms. The fourth-order valence-corrected chi connectivity index (χ4v) is 2.61. The van der Waals surface area contributed by atoms with Gasteiger partial charge in [-0.25, -0.2) is 4.79 Å². The third-order valence-electron chi connectivity index (χ3n) is 4.60. The van der Waals surface area contributed by atoms with Gasteiger partial charge in [0.1, 0.15) is 12.1 Å². The number of carbonyl (C=O) groups excluding carboxylic acids is 4. The largest absolute Gasteiger partial charge is 0.480 e. The van der Waals surface area contributed by atoms with E-state index in [4.69, 9.17) is 11.5 Å². The Kier molecular flexibility index (Phi) is 12.3. The van der Waals surface area contributed by atoms with Crippen LogP contribution < -0.4 is 27.4 Å². The van der Waals surface area contributed by atoms with E-state index < -0.39 is 54.3 Å². The van der Waals surface area contributed by atoms with Crippen molar-refractivity contribution in [3.05, 3.63) is 0 Å². The van der Waals surface area contributed by atoms with Crippen molar-refractivity contribution >= 4 is 29.6 Å². The Morgan fingerprint density at radius 3 is 2.07 bits per heavy atom. The molecule has 0 saturated carbocycles. The lowest BCUT2D eigenvalue weighted by atomic mass is 9.97. The number of primary amides is 1. The number of amides is 4. The van der Waals surface area contributed by atoms with Crippen molar-refractivity contribution < 1.29 is 29.1 Å². The minimum absolute atomic E-state index is 0.0487. The van der Waals surface area contributed by atoms with E-state index in [0.29, 0.717) is 6.42 Å². The van der Waals surface area contributed by atoms with Crippen LogP contribution in [0, 0.1) is 11.8 Å². The van der Waals surface area contributed by atoms with Crippen molar-refractivity contribution in [1.29, 1.82) is 0 Å². The highest BCUT2D eigenvalue weighted by Crippen LogP contribution is 2.10. The summed E-state index contributed by atoms with van der Waals surface area (Å²) in [6, 6.07) is -3.02. The van der Waals surface area contributed by atoms with Crippen LogP contribution in [0.2, 0.25) is 0 Å². The molecule has 0 saturated heterocycles. The second kappa shape index (κ2) is 13.5. The van der Waals surface area contributed by atoms with E-state index in [1.807, 2.05) is 20.8 Å². The molecule has 11 nitrogen and oxygen atoms in total. The molecule has 4 atom stereocenters. The Balaban J connectivity index is 4.90. The summed E-state index contributed by atoms with van der Waals surface area (Å²) in [5, 5.41) is 16.7. The lowest BCUT2D eigenvalue weighted by Crippen LogP contribution is -2.56. The molecule has 0 aliphatic rings. The number of carboxylic acids is 1. The van der Waals surface area contributed by atoms with Gasteiger partial charge in [-0.05, 0) is 24.7 Å². The topological polar surface area (TPSA) is 194 Å². The molecular weight excluding hydrogens is 394 g/mol. The molecule has 0 heterocycles. The highest BCUT2D eigenvalue weighted by Gasteiger charge is 2.30. The number of nitrogens with one attached hydrogen (secondary N) is 3. The normalized spacial score (nSPS) is 14.9. The van der Waals surface area contributed by atoms with Crippen LogP contribution in [0.15, 0.2) is 0 Å². The molecular formula is C19H35N5O6. The Bertz CT molecular complexity index is 625. The molecule has 0 radical (unpaired) electrons. The Hall–Kier alpha value is -2.69. The minimum atomic E-state index is -1.15. The van der Waals surface area contributed by atoms with Gasteiger partial charge in [0.25, 0.3) is 0 Å². The standard InChI is InChI=1S/C19H35N5O6/c1-5-11(4)16(18(28)23-13(19(29)30)8-10(2)3)24-15(26)9-22-17(27)12(20)6-7-14(21)25/h10-13,16H,5-9,20H2,1-4H3,(H2,21,25)(H,22,27)(H,23,28)(H,24,26)(H,29,30). The molecule has 0 aromatic rings. The summed E-state index contributed by atoms with van der Waals surface area (Å²) in [5.74, 6) is -3.80. The first-order valence-corrected chi connectivity index (χ1v) is 10.0. The Morgan fingerprint density at radius 1 is 1.00 bits per heavy atom. The van der Waals surface area contributed by atoms with E-state index in [0.717, 1.165) is 0 Å². The number of hydrogen-bond acceptors (Lipinski definition) is 6. The van der Waals surface area contributed by atoms with E-state index in [1.54, 1.807) is 6.92 Å². The lowest BCUT2D eigenvalue weighted by molar-refractivity contribution is -0.143. The summed E-state index contributed by atoms with van der Waals surface area (Å²) in [7, 11) is 0. The van der Waals surface area contributed by atoms with Crippen LogP contribution in [0.4, 0.5) is 0 Å². The average molecular weight is 430 g/mol. The van der Waals surface area contributed by atoms with Crippen LogP contribution >= 0.6 is 0 Å². The van der Waals surface area contributed by atoms with Gasteiger partial charge in [0.2, 0.25) is 23.6 Å². The number of carboxylic acid groups (broad SMARTS) is 1. The summed E-state index contributed by atoms with van der Waals surface area (Å²) in [5.41, 5.74) is 10.6. The molecule has 0 aromatic heterocycles. The molecule has 0 rings (SSSR count). The summed E-state index contributed by atoms with van der Waals surface area (Å²) < 4.78 is 0. The third kappa shape index (κ3) is 10.7. The number of rotatable bonds is 14. The van der Waals surface area contributed by atoms with Crippen molar-refractivity contribution in [2.24, 2.45) is 23.3 Å². The van der Waals surface area contributed by atoms with Crippen molar-refractivity contribution in [2.45, 2.75) is 71.5 Å². The molecule has 0 aliphatic heterocycles. The van der Waals surface area contributed by atoms with E-state index >= 15 is 0 Å². The van der Waals surface area contributed by atoms with Crippen LogP contribution in [-0.4, -0.2) is 59.4 Å². The van der Waals surface area contributed by atoms with E-state index in [1.165, 1.54) is 0 Å². The predicted octanol–water partition coefficient (Wildman–Crippen LogP) is -1.16. The highest BCUT2D eigenvalue weighted by molar-refractivity contribution is 5.92. The van der Waals surface area contributed by atoms with Crippen molar-refractivity contribution in [1.82, 2.24) is 16.0 Å². The number of hydrogen-bond donors (Lipinski definition) is 6. The maximum atomic E-state index is 12.6. The van der Waals surface area contributed by atoms with Crippen molar-refractivity contribution in [2.75, 3.05) is 6.54 Å². The summed E-state index contributed by atoms with van der Waals surface area (Å²) in [4.78, 5) is 58.9. The molecule has 0 bridgehead atoms. The third-order valence-corrected chi connectivity index (χ3v) is 4.60. The fourth-order valence-electron chi connectivity index (χ4n) is 2.61. The molecule has 30 heavy (non-hydrogen) atoms. The van der Waals surface area contributed by atoms with Crippen molar-refractivity contribution in [3.8, 4) is 0 Å². The van der Waals surface area contributed by atoms with Crippen LogP contribution in [0.25, 0.3) is 0 Å². The maximum Gasteiger partial charge on any atom is 0.326 e. The molecule has 0 aliphatic carbocycles. The highest BCUT2D eigenvalue weighted by atomic mass is 16.4. The summed E-state index contributed by atoms with van der Waals surface area (Å²) in [6.07, 6.45) is 0.803. The molecule has 0 fully saturated rings. The SMILES string of the molecule is CCC(C)C(NC(=O)CNC(=O)C(N)CCC(N)=O)C(=O)NC(CC(C)C)C(=O)O. The van der Waals surface area contributed by atoms with Crippen LogP contribution in [0.1, 0.15) is 53.4 Å². The minimum Gasteiger partial charge on any atom is -0.480 e. The Morgan fingerprint density at radius 2 is 1.60 bits per heavy atom. The first-order valence-electron chi connectivity index (χ1n) is 10.0. The number of nitrogens with two attached hydrogens (primary N) is 2. The molecule has 172 valence electrons. The molecule has 0 aromatic carbocycles. The lowest BCUT2D eigenvalue weighted by Gasteiger charge is -2.26. The second-order valence-electron chi connectivity index (χ2n) is 7.79. The van der Waals surface area contributed by atoms with Gasteiger partial charge in [-0.3, -0.25) is 19.2 Å². The van der Waals surface area contributed by atoms with Gasteiger partial charge in [0, 0.05) is 6.42 Å². The quantitative estimate of drug-likeness (QED) is 0.200. The van der Waals surface area contributed by atoms with Gasteiger partial charge in [-0.15, -0.1) is 0 Å². The van der Waals surface area contributed by atoms with Gasteiger partial charge in [-0.1, -0.05) is 34.1 Å². The molecule has 4 amide bonds. The van der Waals surface area contributed by atoms with Gasteiger partial charge in [0.15, 0.2) is 0 Å². The van der Waals surface area contributed by atoms with Gasteiger partial charge >= 0.3 is 5.97 Å². The number of aliphatic carboxylic acids is 1. The maximum absolute atomic E-state index is 12.6. The van der Waals surface area contributed by atoms with Gasteiger partial charge in [0.05, 0.1) is 12.6 Å². The summed E-state index contributed by atoms with van der Waals surface area (Å²) >= 11 is 0. The first-order chi connectivity index (χ1) is 13.9. The molecule has 4 unspecified atom stereocenters. The molecule has 8 N–H and O–H groups in total. The fraction of sp³-hybridized carbons (Fsp3) is 0.737. The van der Waals surface area contributed by atoms with Crippen LogP contribution in [0.3, 0.4) is 0 Å². The van der Waals surface area contributed by atoms with E-state index in [-0.39, 0.29) is 31.1 Å². The van der Waals surface area contributed by atoms with E-state index in [9.17, 15) is 29.1 Å². The van der Waals surface area contributed by atoms with Crippen molar-refractivity contribution in [3.63, 3.8) is 0 Å². The summed E-state index contributed by atoms with van der Waals surface area (Å²) in [6.45, 7) is 6.85.